The summed E-state index contributed by atoms with van der Waals surface area (Å²) in [6.45, 7) is 4.10. The molecule has 0 aliphatic rings. The third-order valence-corrected chi connectivity index (χ3v) is 5.66. The molecular weight excluding hydrogens is 448 g/mol. The number of thioether (sulfide) groups is 1. The average Bonchev–Trinajstić information content (AvgIpc) is 2.98. The number of nitrogens with zero attached hydrogens (tertiary/aromatic N) is 3. The molecule has 2 aromatic heterocycles. The van der Waals surface area contributed by atoms with E-state index in [1.54, 1.807) is 25.5 Å². The van der Waals surface area contributed by atoms with Crippen molar-refractivity contribution in [1.82, 2.24) is 19.1 Å². The van der Waals surface area contributed by atoms with Crippen LogP contribution in [0, 0.1) is 0 Å². The zero-order valence-electron chi connectivity index (χ0n) is 15.6. The molecule has 0 bridgehead atoms. The highest BCUT2D eigenvalue weighted by atomic mass is 79.9. The van der Waals surface area contributed by atoms with Gasteiger partial charge in [0.1, 0.15) is 5.25 Å². The van der Waals surface area contributed by atoms with Gasteiger partial charge in [-0.05, 0) is 31.5 Å². The number of esters is 1. The Bertz CT molecular complexity index is 1150. The summed E-state index contributed by atoms with van der Waals surface area (Å²) in [7, 11) is 1.54. The van der Waals surface area contributed by atoms with Gasteiger partial charge >= 0.3 is 11.7 Å². The van der Waals surface area contributed by atoms with Crippen molar-refractivity contribution in [1.29, 1.82) is 0 Å². The highest BCUT2D eigenvalue weighted by molar-refractivity contribution is 9.10. The Morgan fingerprint density at radius 3 is 2.82 bits per heavy atom. The number of carbonyl (C=O) groups excluding carboxylic acids is 1. The van der Waals surface area contributed by atoms with Gasteiger partial charge in [-0.15, -0.1) is 0 Å². The summed E-state index contributed by atoms with van der Waals surface area (Å²) < 4.78 is 8.97. The van der Waals surface area contributed by atoms with Crippen LogP contribution < -0.4 is 11.2 Å². The number of carbonyl (C=O) groups is 1. The number of hydrogen-bond donors (Lipinski definition) is 1. The summed E-state index contributed by atoms with van der Waals surface area (Å²) >= 11 is 4.63. The number of aryl methyl sites for hydroxylation is 1. The second kappa shape index (κ2) is 8.36. The molecule has 10 heteroatoms. The van der Waals surface area contributed by atoms with Crippen molar-refractivity contribution in [3.05, 3.63) is 55.1 Å². The third kappa shape index (κ3) is 4.07. The van der Waals surface area contributed by atoms with Gasteiger partial charge in [-0.2, -0.15) is 0 Å². The minimum Gasteiger partial charge on any atom is -0.465 e. The molecule has 0 aliphatic carbocycles. The molecule has 1 N–H and O–H groups in total. The van der Waals surface area contributed by atoms with E-state index in [4.69, 9.17) is 4.74 Å². The number of imidazole rings is 1. The molecule has 148 valence electrons. The van der Waals surface area contributed by atoms with Gasteiger partial charge in [0.2, 0.25) is 0 Å². The van der Waals surface area contributed by atoms with E-state index in [0.29, 0.717) is 11.7 Å². The number of rotatable bonds is 6. The number of ether oxygens (including phenoxy) is 1. The second-order valence-electron chi connectivity index (χ2n) is 6.11. The lowest BCUT2D eigenvalue weighted by molar-refractivity contribution is -0.142. The number of H-pyrrole nitrogens is 1. The van der Waals surface area contributed by atoms with Gasteiger partial charge in [-0.1, -0.05) is 39.8 Å². The van der Waals surface area contributed by atoms with E-state index >= 15 is 0 Å². The zero-order valence-corrected chi connectivity index (χ0v) is 18.0. The number of nitrogens with one attached hydrogen (secondary N) is 1. The van der Waals surface area contributed by atoms with Gasteiger partial charge in [-0.3, -0.25) is 19.1 Å². The Kier molecular flexibility index (Phi) is 6.09. The summed E-state index contributed by atoms with van der Waals surface area (Å²) in [4.78, 5) is 43.3. The zero-order chi connectivity index (χ0) is 20.4. The number of fused-ring (bicyclic) bond motifs is 1. The number of halogens is 1. The van der Waals surface area contributed by atoms with Crippen molar-refractivity contribution in [2.45, 2.75) is 30.8 Å². The third-order valence-electron chi connectivity index (χ3n) is 4.10. The standard InChI is InChI=1S/C18H19BrN4O4S/c1-4-27-16(25)10(2)28-18-20-14-13(15(24)21-17(26)22(14)3)23(18)9-11-6-5-7-12(19)8-11/h5-8,10H,4,9H2,1-3H3,(H,21,24,26)/t10-/m0/s1. The van der Waals surface area contributed by atoms with E-state index in [1.807, 2.05) is 24.3 Å². The molecule has 0 saturated heterocycles. The second-order valence-corrected chi connectivity index (χ2v) is 8.34. The van der Waals surface area contributed by atoms with Gasteiger partial charge in [0.05, 0.1) is 13.2 Å². The van der Waals surface area contributed by atoms with Crippen LogP contribution in [0.15, 0.2) is 43.5 Å². The van der Waals surface area contributed by atoms with E-state index < -0.39 is 16.5 Å². The Balaban J connectivity index is 2.14. The van der Waals surface area contributed by atoms with E-state index in [-0.39, 0.29) is 23.7 Å². The van der Waals surface area contributed by atoms with Crippen molar-refractivity contribution in [3.8, 4) is 0 Å². The fourth-order valence-corrected chi connectivity index (χ4v) is 4.08. The Morgan fingerprint density at radius 2 is 2.14 bits per heavy atom. The average molecular weight is 467 g/mol. The highest BCUT2D eigenvalue weighted by Gasteiger charge is 2.23. The Labute approximate surface area is 173 Å². The van der Waals surface area contributed by atoms with Crippen molar-refractivity contribution >= 4 is 44.8 Å². The fraction of sp³-hybridized carbons (Fsp3) is 0.333. The first-order valence-electron chi connectivity index (χ1n) is 8.59. The number of aromatic amines is 1. The van der Waals surface area contributed by atoms with E-state index in [0.717, 1.165) is 10.0 Å². The summed E-state index contributed by atoms with van der Waals surface area (Å²) in [5.41, 5.74) is 0.423. The van der Waals surface area contributed by atoms with E-state index in [1.165, 1.54) is 16.3 Å². The molecule has 0 aliphatic heterocycles. The Hall–Kier alpha value is -2.33. The summed E-state index contributed by atoms with van der Waals surface area (Å²) in [5.74, 6) is -0.364. The van der Waals surface area contributed by atoms with Crippen LogP contribution in [0.2, 0.25) is 0 Å². The first kappa shape index (κ1) is 20.4. The summed E-state index contributed by atoms with van der Waals surface area (Å²) in [5, 5.41) is -0.0589. The largest absolute Gasteiger partial charge is 0.465 e. The smallest absolute Gasteiger partial charge is 0.329 e. The maximum atomic E-state index is 12.5. The molecule has 0 unspecified atom stereocenters. The maximum Gasteiger partial charge on any atom is 0.329 e. The van der Waals surface area contributed by atoms with Crippen LogP contribution in [-0.2, 0) is 23.1 Å². The van der Waals surface area contributed by atoms with Crippen molar-refractivity contribution in [2.75, 3.05) is 6.61 Å². The molecule has 2 heterocycles. The normalized spacial score (nSPS) is 12.3. The highest BCUT2D eigenvalue weighted by Crippen LogP contribution is 2.27. The van der Waals surface area contributed by atoms with Gasteiger partial charge in [0.15, 0.2) is 16.3 Å². The van der Waals surface area contributed by atoms with Crippen LogP contribution in [0.1, 0.15) is 19.4 Å². The minimum atomic E-state index is -0.542. The lowest BCUT2D eigenvalue weighted by atomic mass is 10.2. The predicted octanol–water partition coefficient (Wildman–Crippen LogP) is 2.28. The van der Waals surface area contributed by atoms with E-state index in [9.17, 15) is 14.4 Å². The summed E-state index contributed by atoms with van der Waals surface area (Å²) in [6, 6.07) is 7.66. The molecule has 1 atom stereocenters. The molecule has 0 saturated carbocycles. The lowest BCUT2D eigenvalue weighted by Gasteiger charge is -2.12. The minimum absolute atomic E-state index is 0.266. The molecule has 0 fully saturated rings. The fourth-order valence-electron chi connectivity index (χ4n) is 2.73. The van der Waals surface area contributed by atoms with Crippen LogP contribution in [0.25, 0.3) is 11.2 Å². The first-order chi connectivity index (χ1) is 13.3. The maximum absolute atomic E-state index is 12.5. The van der Waals surface area contributed by atoms with Crippen LogP contribution in [0.4, 0.5) is 0 Å². The monoisotopic (exact) mass is 466 g/mol. The van der Waals surface area contributed by atoms with Crippen molar-refractivity contribution < 1.29 is 9.53 Å². The van der Waals surface area contributed by atoms with Gasteiger partial charge in [0, 0.05) is 11.5 Å². The molecular formula is C18H19BrN4O4S. The molecule has 3 aromatic rings. The van der Waals surface area contributed by atoms with Crippen LogP contribution in [0.3, 0.4) is 0 Å². The topological polar surface area (TPSA) is 99.0 Å². The van der Waals surface area contributed by atoms with Gasteiger partial charge in [-0.25, -0.2) is 9.78 Å². The Morgan fingerprint density at radius 1 is 1.39 bits per heavy atom. The van der Waals surface area contributed by atoms with Crippen LogP contribution in [-0.4, -0.2) is 36.9 Å². The van der Waals surface area contributed by atoms with Gasteiger partial charge in [0.25, 0.3) is 5.56 Å². The van der Waals surface area contributed by atoms with E-state index in [2.05, 4.69) is 25.9 Å². The van der Waals surface area contributed by atoms with Crippen LogP contribution in [0.5, 0.6) is 0 Å². The lowest BCUT2D eigenvalue weighted by Crippen LogP contribution is -2.29. The quantitative estimate of drug-likeness (QED) is 0.441. The van der Waals surface area contributed by atoms with Crippen molar-refractivity contribution in [2.24, 2.45) is 7.05 Å². The molecule has 28 heavy (non-hydrogen) atoms. The predicted molar refractivity (Wildman–Crippen MR) is 111 cm³/mol. The first-order valence-corrected chi connectivity index (χ1v) is 10.3. The van der Waals surface area contributed by atoms with Crippen LogP contribution >= 0.6 is 27.7 Å². The number of benzene rings is 1. The molecule has 3 rings (SSSR count). The molecule has 0 amide bonds. The molecule has 1 aromatic carbocycles. The number of hydrogen-bond acceptors (Lipinski definition) is 6. The molecule has 0 radical (unpaired) electrons. The van der Waals surface area contributed by atoms with Crippen molar-refractivity contribution in [3.63, 3.8) is 0 Å². The van der Waals surface area contributed by atoms with Gasteiger partial charge < -0.3 is 9.30 Å². The molecule has 8 nitrogen and oxygen atoms in total. The number of aromatic nitrogens is 4. The molecule has 0 spiro atoms. The SMILES string of the molecule is CCOC(=O)[C@H](C)Sc1nc2c(c(=O)[nH]c(=O)n2C)n1Cc1cccc(Br)c1. The summed E-state index contributed by atoms with van der Waals surface area (Å²) in [6.07, 6.45) is 0.